The highest BCUT2D eigenvalue weighted by molar-refractivity contribution is 6.21. The smallest absolute Gasteiger partial charge is 0.136 e. The first-order valence-electron chi connectivity index (χ1n) is 15.7. The van der Waals surface area contributed by atoms with E-state index in [1.807, 2.05) is 18.2 Å². The molecule has 0 aliphatic carbocycles. The lowest BCUT2D eigenvalue weighted by Gasteiger charge is -2.18. The third kappa shape index (κ3) is 3.71. The van der Waals surface area contributed by atoms with Gasteiger partial charge in [0.05, 0.1) is 0 Å². The van der Waals surface area contributed by atoms with Crippen LogP contribution in [-0.4, -0.2) is 0 Å². The molecule has 214 valence electrons. The lowest BCUT2D eigenvalue weighted by atomic mass is 9.85. The molecule has 2 aromatic heterocycles. The Morgan fingerprint density at radius 3 is 1.37 bits per heavy atom. The number of benzene rings is 8. The third-order valence-electron chi connectivity index (χ3n) is 9.45. The van der Waals surface area contributed by atoms with Crippen molar-refractivity contribution in [3.63, 3.8) is 0 Å². The molecule has 0 aliphatic heterocycles. The summed E-state index contributed by atoms with van der Waals surface area (Å²) in [5.74, 6) is 0. The van der Waals surface area contributed by atoms with E-state index in [1.165, 1.54) is 43.8 Å². The highest BCUT2D eigenvalue weighted by atomic mass is 16.3. The van der Waals surface area contributed by atoms with E-state index in [9.17, 15) is 0 Å². The number of hydrogen-bond acceptors (Lipinski definition) is 2. The van der Waals surface area contributed by atoms with E-state index in [-0.39, 0.29) is 0 Å². The first-order valence-corrected chi connectivity index (χ1v) is 15.7. The second kappa shape index (κ2) is 9.69. The van der Waals surface area contributed by atoms with Crippen LogP contribution in [-0.2, 0) is 0 Å². The summed E-state index contributed by atoms with van der Waals surface area (Å²) in [5, 5.41) is 9.36. The average Bonchev–Trinajstić information content (AvgIpc) is 3.66. The van der Waals surface area contributed by atoms with E-state index in [1.54, 1.807) is 0 Å². The van der Waals surface area contributed by atoms with Gasteiger partial charge in [-0.25, -0.2) is 0 Å². The molecule has 46 heavy (non-hydrogen) atoms. The highest BCUT2D eigenvalue weighted by Gasteiger charge is 2.18. The minimum absolute atomic E-state index is 0.872. The maximum Gasteiger partial charge on any atom is 0.136 e. The van der Waals surface area contributed by atoms with Crippen LogP contribution in [0, 0.1) is 0 Å². The molecule has 2 heterocycles. The van der Waals surface area contributed by atoms with Crippen molar-refractivity contribution in [2.75, 3.05) is 0 Å². The molecule has 0 amide bonds. The summed E-state index contributed by atoms with van der Waals surface area (Å²) in [6.07, 6.45) is 0. The first-order chi connectivity index (χ1) is 22.8. The fourth-order valence-corrected chi connectivity index (χ4v) is 7.38. The van der Waals surface area contributed by atoms with Crippen LogP contribution in [0.3, 0.4) is 0 Å². The van der Waals surface area contributed by atoms with Gasteiger partial charge in [0.15, 0.2) is 0 Å². The van der Waals surface area contributed by atoms with Crippen LogP contribution in [0.1, 0.15) is 0 Å². The van der Waals surface area contributed by atoms with Crippen molar-refractivity contribution >= 4 is 65.4 Å². The Morgan fingerprint density at radius 2 is 0.696 bits per heavy atom. The Labute approximate surface area is 264 Å². The van der Waals surface area contributed by atoms with Gasteiger partial charge in [-0.3, -0.25) is 0 Å². The van der Waals surface area contributed by atoms with Crippen molar-refractivity contribution in [2.45, 2.75) is 0 Å². The summed E-state index contributed by atoms with van der Waals surface area (Å²) in [6, 6.07) is 56.2. The van der Waals surface area contributed by atoms with Gasteiger partial charge in [-0.1, -0.05) is 121 Å². The molecule has 10 rings (SSSR count). The van der Waals surface area contributed by atoms with Crippen LogP contribution in [0.4, 0.5) is 0 Å². The Bertz CT molecular complexity index is 2740. The Morgan fingerprint density at radius 1 is 0.239 bits per heavy atom. The van der Waals surface area contributed by atoms with Gasteiger partial charge in [-0.2, -0.15) is 0 Å². The van der Waals surface area contributed by atoms with Crippen LogP contribution >= 0.6 is 0 Å². The van der Waals surface area contributed by atoms with Gasteiger partial charge in [-0.05, 0) is 91.3 Å². The SMILES string of the molecule is c1ccc(-c2c3ccccc3c(-c3cccc(-c4ccc5c(c4)oc4cc6c(cc45)oc4ccccc46)c3)c3ccccc23)cc1. The molecule has 0 saturated carbocycles. The molecule has 2 nitrogen and oxygen atoms in total. The first kappa shape index (κ1) is 25.2. The highest BCUT2D eigenvalue weighted by Crippen LogP contribution is 2.44. The molecule has 0 radical (unpaired) electrons. The number of furan rings is 2. The molecule has 10 aromatic rings. The lowest BCUT2D eigenvalue weighted by Crippen LogP contribution is -1.91. The van der Waals surface area contributed by atoms with Crippen molar-refractivity contribution in [3.05, 3.63) is 158 Å². The zero-order chi connectivity index (χ0) is 30.2. The standard InChI is InChI=1S/C44H26O2/c1-2-11-27(12-3-1)43-33-16-4-6-18-35(33)44(36-19-7-5-17-34(36)43)30-14-10-13-28(23-30)29-21-22-32-38-26-41-37(25-42(38)46-40(32)24-29)31-15-8-9-20-39(31)45-41/h1-26H. The topological polar surface area (TPSA) is 26.3 Å². The van der Waals surface area contributed by atoms with Crippen molar-refractivity contribution in [3.8, 4) is 33.4 Å². The molecule has 2 heteroatoms. The van der Waals surface area contributed by atoms with E-state index in [0.717, 1.165) is 55.0 Å². The molecular weight excluding hydrogens is 560 g/mol. The molecule has 0 saturated heterocycles. The fraction of sp³-hybridized carbons (Fsp3) is 0. The van der Waals surface area contributed by atoms with Gasteiger partial charge in [0.1, 0.15) is 22.3 Å². The van der Waals surface area contributed by atoms with Crippen LogP contribution in [0.15, 0.2) is 167 Å². The van der Waals surface area contributed by atoms with Crippen molar-refractivity contribution in [1.29, 1.82) is 0 Å². The second-order valence-corrected chi connectivity index (χ2v) is 12.0. The summed E-state index contributed by atoms with van der Waals surface area (Å²) >= 11 is 0. The molecule has 0 N–H and O–H groups in total. The van der Waals surface area contributed by atoms with Gasteiger partial charge < -0.3 is 8.83 Å². The predicted octanol–water partition coefficient (Wildman–Crippen LogP) is 12.8. The van der Waals surface area contributed by atoms with Crippen molar-refractivity contribution in [2.24, 2.45) is 0 Å². The van der Waals surface area contributed by atoms with Crippen LogP contribution in [0.5, 0.6) is 0 Å². The number of fused-ring (bicyclic) bond motifs is 8. The predicted molar refractivity (Wildman–Crippen MR) is 192 cm³/mol. The van der Waals surface area contributed by atoms with Crippen molar-refractivity contribution in [1.82, 2.24) is 0 Å². The molecule has 0 atom stereocenters. The van der Waals surface area contributed by atoms with E-state index in [0.29, 0.717) is 0 Å². The Balaban J connectivity index is 1.15. The summed E-state index contributed by atoms with van der Waals surface area (Å²) in [4.78, 5) is 0. The van der Waals surface area contributed by atoms with Crippen LogP contribution < -0.4 is 0 Å². The summed E-state index contributed by atoms with van der Waals surface area (Å²) in [7, 11) is 0. The van der Waals surface area contributed by atoms with E-state index >= 15 is 0 Å². The minimum Gasteiger partial charge on any atom is -0.456 e. The van der Waals surface area contributed by atoms with E-state index < -0.39 is 0 Å². The monoisotopic (exact) mass is 586 g/mol. The quantitative estimate of drug-likeness (QED) is 0.193. The largest absolute Gasteiger partial charge is 0.456 e. The molecular formula is C44H26O2. The Kier molecular flexibility index (Phi) is 5.31. The maximum absolute atomic E-state index is 6.48. The Hall–Kier alpha value is -6.12. The van der Waals surface area contributed by atoms with Crippen molar-refractivity contribution < 1.29 is 8.83 Å². The van der Waals surface area contributed by atoms with Crippen LogP contribution in [0.2, 0.25) is 0 Å². The lowest BCUT2D eigenvalue weighted by molar-refractivity contribution is 0.664. The average molecular weight is 587 g/mol. The zero-order valence-electron chi connectivity index (χ0n) is 24.8. The van der Waals surface area contributed by atoms with E-state index in [2.05, 4.69) is 140 Å². The number of hydrogen-bond donors (Lipinski definition) is 0. The van der Waals surface area contributed by atoms with Gasteiger partial charge in [0.2, 0.25) is 0 Å². The van der Waals surface area contributed by atoms with Gasteiger partial charge in [0, 0.05) is 21.5 Å². The molecule has 0 bridgehead atoms. The van der Waals surface area contributed by atoms with Gasteiger partial charge in [0.25, 0.3) is 0 Å². The van der Waals surface area contributed by atoms with Gasteiger partial charge >= 0.3 is 0 Å². The zero-order valence-corrected chi connectivity index (χ0v) is 24.8. The molecule has 0 unspecified atom stereocenters. The minimum atomic E-state index is 0.872. The summed E-state index contributed by atoms with van der Waals surface area (Å²) < 4.78 is 12.7. The van der Waals surface area contributed by atoms with Gasteiger partial charge in [-0.15, -0.1) is 0 Å². The molecule has 0 aliphatic rings. The summed E-state index contributed by atoms with van der Waals surface area (Å²) in [6.45, 7) is 0. The van der Waals surface area contributed by atoms with Crippen LogP contribution in [0.25, 0.3) is 98.8 Å². The molecule has 0 fully saturated rings. The normalized spacial score (nSPS) is 11.9. The molecule has 8 aromatic carbocycles. The number of rotatable bonds is 3. The fourth-order valence-electron chi connectivity index (χ4n) is 7.38. The summed E-state index contributed by atoms with van der Waals surface area (Å²) in [5.41, 5.74) is 10.8. The van der Waals surface area contributed by atoms with E-state index in [4.69, 9.17) is 8.83 Å². The number of para-hydroxylation sites is 1. The molecule has 0 spiro atoms. The third-order valence-corrected chi connectivity index (χ3v) is 9.45. The maximum atomic E-state index is 6.48. The second-order valence-electron chi connectivity index (χ2n) is 12.0.